The molecule has 86 valence electrons. The van der Waals surface area contributed by atoms with Crippen LogP contribution in [0.4, 0.5) is 4.79 Å². The van der Waals surface area contributed by atoms with Crippen LogP contribution in [0.2, 0.25) is 0 Å². The molecule has 0 aromatic carbocycles. The van der Waals surface area contributed by atoms with E-state index in [1.165, 1.54) is 9.80 Å². The topological polar surface area (TPSA) is 40.6 Å². The maximum Gasteiger partial charge on any atom is 0.328 e. The van der Waals surface area contributed by atoms with Crippen LogP contribution in [-0.2, 0) is 4.79 Å². The molecule has 0 aromatic rings. The molecule has 1 heterocycles. The van der Waals surface area contributed by atoms with E-state index in [1.54, 1.807) is 13.8 Å². The molecule has 0 radical (unpaired) electrons. The van der Waals surface area contributed by atoms with E-state index in [0.717, 1.165) is 0 Å². The van der Waals surface area contributed by atoms with Gasteiger partial charge in [-0.3, -0.25) is 14.6 Å². The number of thiol groups is 1. The minimum absolute atomic E-state index is 0.242. The number of carbonyl (C=O) groups is 2. The van der Waals surface area contributed by atoms with Gasteiger partial charge in [0.05, 0.1) is 0 Å². The van der Waals surface area contributed by atoms with E-state index in [0.29, 0.717) is 6.54 Å². The molecule has 1 fully saturated rings. The first-order valence-electron chi connectivity index (χ1n) is 5.02. The maximum atomic E-state index is 12.0. The molecule has 0 saturated carbocycles. The fourth-order valence-corrected chi connectivity index (χ4v) is 2.47. The van der Waals surface area contributed by atoms with Crippen molar-refractivity contribution in [2.75, 3.05) is 6.54 Å². The van der Waals surface area contributed by atoms with Crippen molar-refractivity contribution in [3.63, 3.8) is 0 Å². The lowest BCUT2D eigenvalue weighted by Crippen LogP contribution is -2.52. The van der Waals surface area contributed by atoms with E-state index in [-0.39, 0.29) is 11.9 Å². The molecule has 1 aliphatic heterocycles. The van der Waals surface area contributed by atoms with Crippen LogP contribution >= 0.6 is 12.6 Å². The molecule has 0 aromatic heterocycles. The van der Waals surface area contributed by atoms with Gasteiger partial charge in [-0.05, 0) is 34.6 Å². The van der Waals surface area contributed by atoms with Gasteiger partial charge in [0.1, 0.15) is 0 Å². The Hall–Kier alpha value is -0.710. The number of amides is 3. The van der Waals surface area contributed by atoms with Gasteiger partial charge < -0.3 is 0 Å². The summed E-state index contributed by atoms with van der Waals surface area (Å²) in [5.74, 6) is -0.242. The van der Waals surface area contributed by atoms with Crippen molar-refractivity contribution in [1.29, 1.82) is 0 Å². The van der Waals surface area contributed by atoms with Crippen LogP contribution in [-0.4, -0.2) is 38.7 Å². The summed E-state index contributed by atoms with van der Waals surface area (Å²) in [7, 11) is 0. The van der Waals surface area contributed by atoms with Crippen LogP contribution in [0.3, 0.4) is 0 Å². The summed E-state index contributed by atoms with van der Waals surface area (Å²) in [6.07, 6.45) is 0. The van der Waals surface area contributed by atoms with Gasteiger partial charge >= 0.3 is 6.03 Å². The first kappa shape index (κ1) is 12.4. The fourth-order valence-electron chi connectivity index (χ4n) is 1.96. The van der Waals surface area contributed by atoms with Crippen molar-refractivity contribution in [2.45, 2.75) is 45.0 Å². The van der Waals surface area contributed by atoms with E-state index in [1.807, 2.05) is 20.8 Å². The van der Waals surface area contributed by atoms with Crippen LogP contribution in [0.25, 0.3) is 0 Å². The van der Waals surface area contributed by atoms with Crippen LogP contribution in [0, 0.1) is 0 Å². The second kappa shape index (κ2) is 3.40. The molecular weight excluding hydrogens is 212 g/mol. The van der Waals surface area contributed by atoms with E-state index in [9.17, 15) is 9.59 Å². The normalized spacial score (nSPS) is 27.9. The highest BCUT2D eigenvalue weighted by atomic mass is 32.1. The molecule has 3 amide bonds. The summed E-state index contributed by atoms with van der Waals surface area (Å²) in [6, 6.07) is -0.257. The lowest BCUT2D eigenvalue weighted by Gasteiger charge is -2.38. The third-order valence-corrected chi connectivity index (χ3v) is 2.89. The number of urea groups is 1. The lowest BCUT2D eigenvalue weighted by atomic mass is 10.0. The molecular formula is C10H18N2O2S. The first-order valence-corrected chi connectivity index (χ1v) is 5.47. The van der Waals surface area contributed by atoms with Gasteiger partial charge in [-0.25, -0.2) is 4.79 Å². The largest absolute Gasteiger partial charge is 0.328 e. The van der Waals surface area contributed by atoms with E-state index < -0.39 is 10.4 Å². The molecule has 1 aliphatic rings. The summed E-state index contributed by atoms with van der Waals surface area (Å²) in [4.78, 5) is 25.6. The SMILES string of the molecule is CCN1C(=O)N(C(C)(C)C)C(C)(S)C1=O. The smallest absolute Gasteiger partial charge is 0.296 e. The predicted octanol–water partition coefficient (Wildman–Crippen LogP) is 1.72. The zero-order valence-corrected chi connectivity index (χ0v) is 10.8. The van der Waals surface area contributed by atoms with Crippen molar-refractivity contribution in [3.8, 4) is 0 Å². The molecule has 4 nitrogen and oxygen atoms in total. The van der Waals surface area contributed by atoms with Crippen molar-refractivity contribution in [1.82, 2.24) is 9.80 Å². The highest BCUT2D eigenvalue weighted by molar-refractivity contribution is 7.82. The van der Waals surface area contributed by atoms with Crippen LogP contribution in [0.1, 0.15) is 34.6 Å². The minimum Gasteiger partial charge on any atom is -0.296 e. The van der Waals surface area contributed by atoms with Crippen molar-refractivity contribution < 1.29 is 9.59 Å². The average Bonchev–Trinajstić information content (AvgIpc) is 2.17. The third-order valence-electron chi connectivity index (χ3n) is 2.49. The molecule has 5 heteroatoms. The van der Waals surface area contributed by atoms with Gasteiger partial charge in [0, 0.05) is 12.1 Å². The van der Waals surface area contributed by atoms with Gasteiger partial charge in [-0.15, -0.1) is 12.6 Å². The summed E-state index contributed by atoms with van der Waals surface area (Å²) in [6.45, 7) is 9.52. The molecule has 0 N–H and O–H groups in total. The van der Waals surface area contributed by atoms with Gasteiger partial charge in [-0.1, -0.05) is 0 Å². The molecule has 1 atom stereocenters. The van der Waals surface area contributed by atoms with E-state index in [2.05, 4.69) is 12.6 Å². The Labute approximate surface area is 96.0 Å². The number of nitrogens with zero attached hydrogens (tertiary/aromatic N) is 2. The fraction of sp³-hybridized carbons (Fsp3) is 0.800. The van der Waals surface area contributed by atoms with Crippen molar-refractivity contribution >= 4 is 24.6 Å². The Balaban J connectivity index is 3.19. The Morgan fingerprint density at radius 1 is 1.33 bits per heavy atom. The Kier molecular flexibility index (Phi) is 2.80. The molecule has 1 unspecified atom stereocenters. The van der Waals surface area contributed by atoms with Gasteiger partial charge in [0.25, 0.3) is 5.91 Å². The Morgan fingerprint density at radius 3 is 2.00 bits per heavy atom. The lowest BCUT2D eigenvalue weighted by molar-refractivity contribution is -0.129. The minimum atomic E-state index is -1.04. The molecule has 1 saturated heterocycles. The summed E-state index contributed by atoms with van der Waals surface area (Å²) < 4.78 is 0. The van der Waals surface area contributed by atoms with Crippen LogP contribution < -0.4 is 0 Å². The zero-order valence-electron chi connectivity index (χ0n) is 9.87. The molecule has 0 spiro atoms. The highest BCUT2D eigenvalue weighted by Gasteiger charge is 2.55. The number of hydrogen-bond donors (Lipinski definition) is 1. The molecule has 1 rings (SSSR count). The summed E-state index contributed by atoms with van der Waals surface area (Å²) in [5, 5.41) is 0. The number of hydrogen-bond acceptors (Lipinski definition) is 3. The van der Waals surface area contributed by atoms with E-state index >= 15 is 0 Å². The number of rotatable bonds is 1. The standard InChI is InChI=1S/C10H18N2O2S/c1-6-11-7(13)10(5,15)12(8(11)14)9(2,3)4/h15H,6H2,1-5H3. The van der Waals surface area contributed by atoms with Gasteiger partial charge in [0.15, 0.2) is 4.87 Å². The highest BCUT2D eigenvalue weighted by Crippen LogP contribution is 2.36. The van der Waals surface area contributed by atoms with Crippen LogP contribution in [0.15, 0.2) is 0 Å². The van der Waals surface area contributed by atoms with Crippen molar-refractivity contribution in [2.24, 2.45) is 0 Å². The Bertz CT molecular complexity index is 307. The van der Waals surface area contributed by atoms with E-state index in [4.69, 9.17) is 0 Å². The molecule has 0 aliphatic carbocycles. The van der Waals surface area contributed by atoms with Gasteiger partial charge in [0.2, 0.25) is 0 Å². The predicted molar refractivity (Wildman–Crippen MR) is 61.8 cm³/mol. The monoisotopic (exact) mass is 230 g/mol. The molecule has 15 heavy (non-hydrogen) atoms. The third kappa shape index (κ3) is 1.73. The Morgan fingerprint density at radius 2 is 1.80 bits per heavy atom. The van der Waals surface area contributed by atoms with Crippen LogP contribution in [0.5, 0.6) is 0 Å². The number of carbonyl (C=O) groups excluding carboxylic acids is 2. The van der Waals surface area contributed by atoms with Gasteiger partial charge in [-0.2, -0.15) is 0 Å². The first-order chi connectivity index (χ1) is 6.64. The molecule has 0 bridgehead atoms. The number of imide groups is 1. The average molecular weight is 230 g/mol. The maximum absolute atomic E-state index is 12.0. The summed E-state index contributed by atoms with van der Waals surface area (Å²) in [5.41, 5.74) is -0.410. The van der Waals surface area contributed by atoms with Crippen molar-refractivity contribution in [3.05, 3.63) is 0 Å². The number of likely N-dealkylation sites (N-methyl/N-ethyl adjacent to an activating group) is 1. The zero-order chi connectivity index (χ0) is 12.0. The summed E-state index contributed by atoms with van der Waals surface area (Å²) >= 11 is 4.32. The second-order valence-corrected chi connectivity index (χ2v) is 5.73. The second-order valence-electron chi connectivity index (χ2n) is 4.86. The quantitative estimate of drug-likeness (QED) is 0.550.